The van der Waals surface area contributed by atoms with Crippen molar-refractivity contribution in [1.29, 1.82) is 0 Å². The van der Waals surface area contributed by atoms with E-state index in [0.717, 1.165) is 18.1 Å². The van der Waals surface area contributed by atoms with Gasteiger partial charge in [0.1, 0.15) is 5.60 Å². The lowest BCUT2D eigenvalue weighted by molar-refractivity contribution is -0.133. The zero-order chi connectivity index (χ0) is 31.3. The summed E-state index contributed by atoms with van der Waals surface area (Å²) < 4.78 is 27.5. The van der Waals surface area contributed by atoms with Crippen molar-refractivity contribution in [2.75, 3.05) is 0 Å². The molecule has 5 atom stereocenters. The molecule has 0 spiro atoms. The van der Waals surface area contributed by atoms with Crippen LogP contribution in [0.3, 0.4) is 0 Å². The fraction of sp³-hybridized carbons (Fsp3) is 0.933. The molecule has 0 N–H and O–H groups in total. The zero-order valence-electron chi connectivity index (χ0n) is 28.6. The lowest BCUT2D eigenvalue weighted by Crippen LogP contribution is -2.64. The molecule has 0 aromatic heterocycles. The minimum atomic E-state index is -2.34. The molecule has 0 unspecified atom stereocenters. The summed E-state index contributed by atoms with van der Waals surface area (Å²) in [6, 6.07) is 2.50. The lowest BCUT2D eigenvalue weighted by atomic mass is 9.83. The summed E-state index contributed by atoms with van der Waals surface area (Å²) in [6.45, 7) is 34.4. The van der Waals surface area contributed by atoms with Gasteiger partial charge in [0.15, 0.2) is 25.0 Å². The highest BCUT2D eigenvalue weighted by Crippen LogP contribution is 2.49. The smallest absolute Gasteiger partial charge is 0.417 e. The molecule has 0 aromatic rings. The molecule has 2 rings (SSSR count). The molecule has 1 saturated carbocycles. The Labute approximate surface area is 248 Å². The average Bonchev–Trinajstić information content (AvgIpc) is 3.08. The van der Waals surface area contributed by atoms with Crippen LogP contribution >= 0.6 is 0 Å². The van der Waals surface area contributed by atoms with Gasteiger partial charge in [-0.1, -0.05) is 62.3 Å². The largest absolute Gasteiger partial charge is 0.443 e. The molecule has 40 heavy (non-hydrogen) atoms. The number of carbonyl (C=O) groups is 2. The Bertz CT molecular complexity index is 906. The molecule has 1 saturated heterocycles. The van der Waals surface area contributed by atoms with E-state index in [1.165, 1.54) is 4.90 Å². The minimum Gasteiger partial charge on any atom is -0.443 e. The van der Waals surface area contributed by atoms with Gasteiger partial charge in [-0.15, -0.1) is 0 Å². The predicted octanol–water partition coefficient (Wildman–Crippen LogP) is 8.32. The maximum atomic E-state index is 14.2. The van der Waals surface area contributed by atoms with Crippen LogP contribution in [-0.2, 0) is 22.8 Å². The van der Waals surface area contributed by atoms with Gasteiger partial charge in [0, 0.05) is 0 Å². The van der Waals surface area contributed by atoms with Crippen molar-refractivity contribution in [3.63, 3.8) is 0 Å². The average molecular weight is 616 g/mol. The van der Waals surface area contributed by atoms with Crippen molar-refractivity contribution in [2.45, 2.75) is 174 Å². The van der Waals surface area contributed by atoms with Crippen molar-refractivity contribution >= 4 is 37.0 Å². The highest BCUT2D eigenvalue weighted by atomic mass is 28.4. The Morgan fingerprint density at radius 3 is 1.55 bits per heavy atom. The maximum absolute atomic E-state index is 14.2. The zero-order valence-corrected chi connectivity index (χ0v) is 31.6. The van der Waals surface area contributed by atoms with Gasteiger partial charge in [0.05, 0.1) is 30.3 Å². The van der Waals surface area contributed by atoms with Gasteiger partial charge < -0.3 is 18.0 Å². The third-order valence-corrected chi connectivity index (χ3v) is 23.8. The van der Waals surface area contributed by atoms with E-state index in [-0.39, 0.29) is 16.0 Å². The van der Waals surface area contributed by atoms with Crippen molar-refractivity contribution in [3.05, 3.63) is 0 Å². The Kier molecular flexibility index (Phi) is 10.6. The molecule has 1 aliphatic heterocycles. The van der Waals surface area contributed by atoms with Crippen LogP contribution in [0.25, 0.3) is 0 Å². The normalized spacial score (nSPS) is 26.9. The van der Waals surface area contributed by atoms with Crippen LogP contribution in [0.1, 0.15) is 89.5 Å². The number of nitrogens with zero attached hydrogens (tertiary/aromatic N) is 1. The van der Waals surface area contributed by atoms with Gasteiger partial charge >= 0.3 is 6.09 Å². The van der Waals surface area contributed by atoms with Gasteiger partial charge in [-0.25, -0.2) is 9.69 Å². The summed E-state index contributed by atoms with van der Waals surface area (Å²) in [4.78, 5) is 29.1. The van der Waals surface area contributed by atoms with E-state index in [0.29, 0.717) is 6.42 Å². The molecule has 2 aliphatic rings. The monoisotopic (exact) mass is 615 g/mol. The van der Waals surface area contributed by atoms with E-state index in [4.69, 9.17) is 18.0 Å². The molecule has 1 heterocycles. The molecule has 2 amide bonds. The summed E-state index contributed by atoms with van der Waals surface area (Å²) >= 11 is 0. The number of ether oxygens (including phenoxy) is 1. The molecule has 10 heteroatoms. The molecule has 2 fully saturated rings. The number of hydrogen-bond donors (Lipinski definition) is 0. The highest BCUT2D eigenvalue weighted by molar-refractivity contribution is 6.75. The standard InChI is InChI=1S/C30H61NO6Si3/c1-17-40(18-2,19-3)37-25-23(35-38(13,14)29(7,8)9)21-20-22(24(25)36-39(15,16)30(10,11)12)31(26(21)32)27(33)34-28(4,5)6/h21-25H,17-20H2,1-16H3/t21-,22+,23-,24+,25-/m1/s1. The predicted molar refractivity (Wildman–Crippen MR) is 171 cm³/mol. The van der Waals surface area contributed by atoms with E-state index in [1.54, 1.807) is 0 Å². The fourth-order valence-corrected chi connectivity index (χ4v) is 10.8. The third-order valence-electron chi connectivity index (χ3n) is 10.2. The molecule has 2 bridgehead atoms. The van der Waals surface area contributed by atoms with Gasteiger partial charge in [0.25, 0.3) is 0 Å². The molecule has 234 valence electrons. The summed E-state index contributed by atoms with van der Waals surface area (Å²) in [5.74, 6) is -0.678. The minimum absolute atomic E-state index is 0.0501. The Balaban J connectivity index is 2.78. The van der Waals surface area contributed by atoms with Gasteiger partial charge in [-0.05, 0) is 81.6 Å². The first kappa shape index (κ1) is 35.7. The van der Waals surface area contributed by atoms with E-state index in [9.17, 15) is 9.59 Å². The van der Waals surface area contributed by atoms with Gasteiger partial charge in [0.2, 0.25) is 5.91 Å². The van der Waals surface area contributed by atoms with Crippen LogP contribution < -0.4 is 0 Å². The first-order chi connectivity index (χ1) is 17.9. The number of carbonyl (C=O) groups excluding carboxylic acids is 2. The van der Waals surface area contributed by atoms with Gasteiger partial charge in [-0.3, -0.25) is 4.79 Å². The maximum Gasteiger partial charge on any atom is 0.417 e. The number of rotatable bonds is 9. The quantitative estimate of drug-likeness (QED) is 0.243. The number of hydrogen-bond acceptors (Lipinski definition) is 6. The van der Waals surface area contributed by atoms with Gasteiger partial charge in [-0.2, -0.15) is 0 Å². The highest BCUT2D eigenvalue weighted by Gasteiger charge is 2.63. The Hall–Kier alpha value is -0.529. The van der Waals surface area contributed by atoms with Crippen molar-refractivity contribution in [1.82, 2.24) is 4.90 Å². The van der Waals surface area contributed by atoms with Crippen molar-refractivity contribution in [3.8, 4) is 0 Å². The van der Waals surface area contributed by atoms with Crippen LogP contribution in [-0.4, -0.2) is 71.8 Å². The first-order valence-electron chi connectivity index (χ1n) is 15.5. The molecular formula is C30H61NO6Si3. The van der Waals surface area contributed by atoms with E-state index < -0.39 is 66.9 Å². The summed E-state index contributed by atoms with van der Waals surface area (Å²) in [5.41, 5.74) is -0.717. The molecule has 7 nitrogen and oxygen atoms in total. The van der Waals surface area contributed by atoms with E-state index in [2.05, 4.69) is 88.5 Å². The molecule has 0 radical (unpaired) electrons. The summed E-state index contributed by atoms with van der Waals surface area (Å²) in [7, 11) is -6.80. The van der Waals surface area contributed by atoms with Crippen molar-refractivity contribution < 1.29 is 27.6 Å². The van der Waals surface area contributed by atoms with Crippen LogP contribution in [0, 0.1) is 5.92 Å². The SMILES string of the molecule is CC[Si](CC)(CC)O[C@H]1[C@@H](O[Si](C)(C)C(C)(C)C)[C@@H]2C[C@@H](C(=O)N2C(=O)OC(C)(C)C)[C@H]1O[Si](C)(C)C(C)(C)C. The van der Waals surface area contributed by atoms with Crippen LogP contribution in [0.15, 0.2) is 0 Å². The lowest BCUT2D eigenvalue weighted by Gasteiger charge is -2.51. The second-order valence-corrected chi connectivity index (χ2v) is 30.3. The second-order valence-electron chi connectivity index (χ2n) is 16.1. The van der Waals surface area contributed by atoms with Crippen molar-refractivity contribution in [2.24, 2.45) is 5.92 Å². The fourth-order valence-electron chi connectivity index (χ4n) is 5.29. The van der Waals surface area contributed by atoms with Crippen LogP contribution in [0.5, 0.6) is 0 Å². The summed E-state index contributed by atoms with van der Waals surface area (Å²) in [6.07, 6.45) is -1.44. The third kappa shape index (κ3) is 7.33. The van der Waals surface area contributed by atoms with E-state index in [1.807, 2.05) is 20.8 Å². The Morgan fingerprint density at radius 2 is 1.18 bits per heavy atom. The summed E-state index contributed by atoms with van der Waals surface area (Å²) in [5, 5.41) is -0.107. The number of imide groups is 1. The first-order valence-corrected chi connectivity index (χ1v) is 23.8. The van der Waals surface area contributed by atoms with E-state index >= 15 is 0 Å². The molecule has 0 aromatic carbocycles. The Morgan fingerprint density at radius 1 is 0.750 bits per heavy atom. The topological polar surface area (TPSA) is 74.3 Å². The number of fused-ring (bicyclic) bond motifs is 2. The van der Waals surface area contributed by atoms with Crippen LogP contribution in [0.2, 0.25) is 54.4 Å². The molecular weight excluding hydrogens is 555 g/mol. The number of likely N-dealkylation sites (tertiary alicyclic amines) is 1. The van der Waals surface area contributed by atoms with Crippen LogP contribution in [0.4, 0.5) is 4.79 Å². The molecule has 1 aliphatic carbocycles. The number of amides is 2. The second kappa shape index (κ2) is 11.9.